The van der Waals surface area contributed by atoms with E-state index in [0.29, 0.717) is 10.7 Å². The van der Waals surface area contributed by atoms with E-state index in [9.17, 15) is 4.39 Å². The van der Waals surface area contributed by atoms with Crippen LogP contribution < -0.4 is 0 Å². The summed E-state index contributed by atoms with van der Waals surface area (Å²) in [6, 6.07) is 12.0. The number of nitrogens with zero attached hydrogens (tertiary/aromatic N) is 2. The number of halogens is 1. The highest BCUT2D eigenvalue weighted by atomic mass is 32.2. The molecule has 0 unspecified atom stereocenters. The lowest BCUT2D eigenvalue weighted by atomic mass is 10.3. The number of pyridine rings is 1. The Labute approximate surface area is 104 Å². The largest absolute Gasteiger partial charge is 0.254 e. The maximum atomic E-state index is 13.5. The molecule has 2 rings (SSSR count). The summed E-state index contributed by atoms with van der Waals surface area (Å²) in [6.07, 6.45) is 3.59. The summed E-state index contributed by atoms with van der Waals surface area (Å²) in [7, 11) is 0. The zero-order valence-corrected chi connectivity index (χ0v) is 10.1. The number of hydrogen-bond donors (Lipinski definition) is 0. The molecule has 0 saturated carbocycles. The Kier molecular flexibility index (Phi) is 3.88. The van der Waals surface area contributed by atoms with E-state index in [2.05, 4.69) is 9.98 Å². The standard InChI is InChI=1S/C13H11FN2S/c1-17-13(12-8-4-5-9-15-12)16-11-7-3-2-6-10(11)14/h2-9H,1H3/b16-13-. The van der Waals surface area contributed by atoms with Gasteiger partial charge in [-0.15, -0.1) is 11.8 Å². The number of aromatic nitrogens is 1. The molecule has 0 saturated heterocycles. The van der Waals surface area contributed by atoms with E-state index in [1.54, 1.807) is 24.4 Å². The van der Waals surface area contributed by atoms with Gasteiger partial charge in [0, 0.05) is 6.20 Å². The molecule has 0 aliphatic heterocycles. The molecule has 0 radical (unpaired) electrons. The number of para-hydroxylation sites is 1. The van der Waals surface area contributed by atoms with Crippen LogP contribution in [0.25, 0.3) is 0 Å². The van der Waals surface area contributed by atoms with Crippen molar-refractivity contribution in [2.24, 2.45) is 4.99 Å². The van der Waals surface area contributed by atoms with Crippen LogP contribution in [0, 0.1) is 5.82 Å². The Hall–Kier alpha value is -1.68. The molecule has 1 aromatic heterocycles. The van der Waals surface area contributed by atoms with Gasteiger partial charge in [0.15, 0.2) is 0 Å². The van der Waals surface area contributed by atoms with Crippen LogP contribution in [-0.4, -0.2) is 16.3 Å². The number of rotatable bonds is 2. The summed E-state index contributed by atoms with van der Waals surface area (Å²) in [5.41, 5.74) is 1.09. The van der Waals surface area contributed by atoms with Gasteiger partial charge in [0.25, 0.3) is 0 Å². The lowest BCUT2D eigenvalue weighted by Crippen LogP contribution is -1.97. The smallest absolute Gasteiger partial charge is 0.148 e. The number of benzene rings is 1. The van der Waals surface area contributed by atoms with Crippen molar-refractivity contribution >= 4 is 22.5 Å². The van der Waals surface area contributed by atoms with Crippen molar-refractivity contribution in [1.82, 2.24) is 4.98 Å². The second-order valence-electron chi connectivity index (χ2n) is 3.29. The van der Waals surface area contributed by atoms with Crippen molar-refractivity contribution < 1.29 is 4.39 Å². The molecule has 4 heteroatoms. The van der Waals surface area contributed by atoms with Crippen molar-refractivity contribution in [2.45, 2.75) is 0 Å². The molecule has 0 atom stereocenters. The molecule has 0 spiro atoms. The number of hydrogen-bond acceptors (Lipinski definition) is 3. The van der Waals surface area contributed by atoms with Crippen molar-refractivity contribution in [3.05, 3.63) is 60.2 Å². The van der Waals surface area contributed by atoms with Gasteiger partial charge in [0.2, 0.25) is 0 Å². The molecular weight excluding hydrogens is 235 g/mol. The van der Waals surface area contributed by atoms with Crippen molar-refractivity contribution in [3.8, 4) is 0 Å². The molecule has 86 valence electrons. The summed E-state index contributed by atoms with van der Waals surface area (Å²) in [4.78, 5) is 8.49. The lowest BCUT2D eigenvalue weighted by molar-refractivity contribution is 0.630. The van der Waals surface area contributed by atoms with Gasteiger partial charge in [-0.05, 0) is 30.5 Å². The monoisotopic (exact) mass is 246 g/mol. The zero-order chi connectivity index (χ0) is 12.1. The summed E-state index contributed by atoms with van der Waals surface area (Å²) in [5.74, 6) is -0.324. The van der Waals surface area contributed by atoms with Crippen molar-refractivity contribution in [3.63, 3.8) is 0 Å². The molecule has 0 aliphatic carbocycles. The van der Waals surface area contributed by atoms with Gasteiger partial charge in [0.05, 0.1) is 5.69 Å². The molecule has 17 heavy (non-hydrogen) atoms. The molecule has 0 amide bonds. The van der Waals surface area contributed by atoms with Gasteiger partial charge in [-0.25, -0.2) is 9.38 Å². The summed E-state index contributed by atoms with van der Waals surface area (Å²) < 4.78 is 13.5. The minimum absolute atomic E-state index is 0.324. The number of aliphatic imine (C=N–C) groups is 1. The first kappa shape index (κ1) is 11.8. The van der Waals surface area contributed by atoms with Crippen LogP contribution in [0.5, 0.6) is 0 Å². The molecule has 0 aliphatic rings. The Morgan fingerprint density at radius 2 is 1.94 bits per heavy atom. The highest BCUT2D eigenvalue weighted by molar-refractivity contribution is 8.13. The molecular formula is C13H11FN2S. The van der Waals surface area contributed by atoms with Crippen LogP contribution in [0.15, 0.2) is 53.7 Å². The third kappa shape index (κ3) is 2.91. The van der Waals surface area contributed by atoms with Crippen molar-refractivity contribution in [2.75, 3.05) is 6.26 Å². The fraction of sp³-hybridized carbons (Fsp3) is 0.0769. The van der Waals surface area contributed by atoms with E-state index < -0.39 is 0 Å². The van der Waals surface area contributed by atoms with Gasteiger partial charge >= 0.3 is 0 Å². The van der Waals surface area contributed by atoms with E-state index in [-0.39, 0.29) is 5.82 Å². The molecule has 0 N–H and O–H groups in total. The predicted molar refractivity (Wildman–Crippen MR) is 70.3 cm³/mol. The Morgan fingerprint density at radius 1 is 1.18 bits per heavy atom. The highest BCUT2D eigenvalue weighted by Gasteiger charge is 2.05. The van der Waals surface area contributed by atoms with E-state index in [1.807, 2.05) is 24.5 Å². The van der Waals surface area contributed by atoms with Gasteiger partial charge < -0.3 is 0 Å². The quantitative estimate of drug-likeness (QED) is 0.597. The van der Waals surface area contributed by atoms with E-state index in [0.717, 1.165) is 5.69 Å². The van der Waals surface area contributed by atoms with Crippen molar-refractivity contribution in [1.29, 1.82) is 0 Å². The first-order chi connectivity index (χ1) is 8.31. The van der Waals surface area contributed by atoms with Crippen LogP contribution >= 0.6 is 11.8 Å². The van der Waals surface area contributed by atoms with E-state index in [4.69, 9.17) is 0 Å². The maximum Gasteiger partial charge on any atom is 0.148 e. The average molecular weight is 246 g/mol. The van der Waals surface area contributed by atoms with Crippen LogP contribution in [0.3, 0.4) is 0 Å². The second-order valence-corrected chi connectivity index (χ2v) is 4.08. The Morgan fingerprint density at radius 3 is 2.59 bits per heavy atom. The van der Waals surface area contributed by atoms with Crippen LogP contribution in [0.1, 0.15) is 5.69 Å². The molecule has 1 aromatic carbocycles. The highest BCUT2D eigenvalue weighted by Crippen LogP contribution is 2.20. The summed E-state index contributed by atoms with van der Waals surface area (Å²) in [5, 5.41) is 0.704. The van der Waals surface area contributed by atoms with Crippen LogP contribution in [-0.2, 0) is 0 Å². The van der Waals surface area contributed by atoms with Gasteiger partial charge in [-0.2, -0.15) is 0 Å². The van der Waals surface area contributed by atoms with Gasteiger partial charge in [-0.1, -0.05) is 18.2 Å². The molecule has 2 nitrogen and oxygen atoms in total. The van der Waals surface area contributed by atoms with E-state index in [1.165, 1.54) is 17.8 Å². The Bertz CT molecular complexity index is 526. The fourth-order valence-corrected chi connectivity index (χ4v) is 1.87. The first-order valence-electron chi connectivity index (χ1n) is 5.10. The fourth-order valence-electron chi connectivity index (χ4n) is 1.35. The zero-order valence-electron chi connectivity index (χ0n) is 9.30. The maximum absolute atomic E-state index is 13.5. The second kappa shape index (κ2) is 5.59. The van der Waals surface area contributed by atoms with E-state index >= 15 is 0 Å². The third-order valence-electron chi connectivity index (χ3n) is 2.15. The predicted octanol–water partition coefficient (Wildman–Crippen LogP) is 3.66. The minimum Gasteiger partial charge on any atom is -0.254 e. The third-order valence-corrected chi connectivity index (χ3v) is 2.84. The molecule has 0 bridgehead atoms. The molecule has 0 fully saturated rings. The minimum atomic E-state index is -0.324. The molecule has 2 aromatic rings. The average Bonchev–Trinajstić information content (AvgIpc) is 2.39. The summed E-state index contributed by atoms with van der Waals surface area (Å²) >= 11 is 1.45. The normalized spacial score (nSPS) is 11.5. The van der Waals surface area contributed by atoms with Crippen LogP contribution in [0.2, 0.25) is 0 Å². The summed E-state index contributed by atoms with van der Waals surface area (Å²) in [6.45, 7) is 0. The topological polar surface area (TPSA) is 25.2 Å². The Balaban J connectivity index is 2.40. The van der Waals surface area contributed by atoms with Gasteiger partial charge in [0.1, 0.15) is 16.5 Å². The SMILES string of the molecule is CS/C(=N\c1ccccc1F)c1ccccn1. The van der Waals surface area contributed by atoms with Gasteiger partial charge in [-0.3, -0.25) is 4.98 Å². The number of thioether (sulfide) groups is 1. The first-order valence-corrected chi connectivity index (χ1v) is 6.32. The van der Waals surface area contributed by atoms with Crippen LogP contribution in [0.4, 0.5) is 10.1 Å². The lowest BCUT2D eigenvalue weighted by Gasteiger charge is -2.02. The molecule has 1 heterocycles.